The van der Waals surface area contributed by atoms with Crippen LogP contribution in [0.3, 0.4) is 0 Å². The van der Waals surface area contributed by atoms with Gasteiger partial charge in [-0.15, -0.1) is 36.2 Å². The minimum atomic E-state index is 0. The molecule has 3 nitrogen and oxygen atoms in total. The average molecular weight is 312 g/mol. The molecule has 2 N–H and O–H groups in total. The molecule has 1 heterocycles. The van der Waals surface area contributed by atoms with Crippen molar-refractivity contribution in [2.75, 3.05) is 20.1 Å². The third-order valence-corrected chi connectivity index (χ3v) is 4.51. The molecule has 6 heteroatoms. The second-order valence-electron chi connectivity index (χ2n) is 4.73. The Hall–Kier alpha value is 0.130. The van der Waals surface area contributed by atoms with E-state index in [-0.39, 0.29) is 24.8 Å². The van der Waals surface area contributed by atoms with Crippen molar-refractivity contribution in [1.82, 2.24) is 9.88 Å². The molecular weight excluding hydrogens is 289 g/mol. The van der Waals surface area contributed by atoms with E-state index in [4.69, 9.17) is 5.73 Å². The summed E-state index contributed by atoms with van der Waals surface area (Å²) in [5.41, 5.74) is 8.97. The van der Waals surface area contributed by atoms with E-state index >= 15 is 0 Å². The highest BCUT2D eigenvalue weighted by Gasteiger charge is 2.32. The lowest BCUT2D eigenvalue weighted by molar-refractivity contribution is 0.226. The number of nitrogens with zero attached hydrogens (tertiary/aromatic N) is 2. The number of rotatable bonds is 6. The van der Waals surface area contributed by atoms with E-state index in [9.17, 15) is 0 Å². The van der Waals surface area contributed by atoms with Crippen molar-refractivity contribution in [1.29, 1.82) is 0 Å². The van der Waals surface area contributed by atoms with Crippen molar-refractivity contribution in [3.05, 3.63) is 16.1 Å². The largest absolute Gasteiger partial charge is 0.329 e. The van der Waals surface area contributed by atoms with Crippen LogP contribution in [0.5, 0.6) is 0 Å². The van der Waals surface area contributed by atoms with Gasteiger partial charge in [0.25, 0.3) is 0 Å². The smallest absolute Gasteiger partial charge is 0.0797 e. The molecule has 0 spiro atoms. The normalized spacial score (nSPS) is 16.0. The number of hydrogen-bond acceptors (Lipinski definition) is 4. The predicted octanol–water partition coefficient (Wildman–Crippen LogP) is 2.51. The summed E-state index contributed by atoms with van der Waals surface area (Å²) >= 11 is 1.77. The molecule has 1 fully saturated rings. The van der Waals surface area contributed by atoms with Crippen LogP contribution in [0.25, 0.3) is 0 Å². The Bertz CT molecular complexity index is 342. The summed E-state index contributed by atoms with van der Waals surface area (Å²) in [4.78, 5) is 8.12. The number of likely N-dealkylation sites (N-methyl/N-ethyl adjacent to an activating group) is 1. The third kappa shape index (κ3) is 4.67. The van der Waals surface area contributed by atoms with Gasteiger partial charge in [-0.3, -0.25) is 0 Å². The van der Waals surface area contributed by atoms with Crippen molar-refractivity contribution in [2.24, 2.45) is 11.7 Å². The topological polar surface area (TPSA) is 42.2 Å². The standard InChI is InChI=1S/C12H21N3S.2ClH/c1-9-12(16-8-14-9)5-6-15(2)11(7-13)10-3-4-10;;/h8,10-11H,3-7,13H2,1-2H3;2*1H. The highest BCUT2D eigenvalue weighted by molar-refractivity contribution is 7.09. The highest BCUT2D eigenvalue weighted by atomic mass is 35.5. The fourth-order valence-corrected chi connectivity index (χ4v) is 2.99. The molecule has 1 aliphatic rings. The zero-order valence-electron chi connectivity index (χ0n) is 11.0. The molecule has 1 saturated carbocycles. The second-order valence-corrected chi connectivity index (χ2v) is 5.67. The van der Waals surface area contributed by atoms with Gasteiger partial charge in [0, 0.05) is 24.0 Å². The maximum Gasteiger partial charge on any atom is 0.0797 e. The number of hydrogen-bond donors (Lipinski definition) is 1. The molecular formula is C12H23Cl2N3S. The van der Waals surface area contributed by atoms with Gasteiger partial charge < -0.3 is 10.6 Å². The van der Waals surface area contributed by atoms with Crippen molar-refractivity contribution < 1.29 is 0 Å². The first-order valence-electron chi connectivity index (χ1n) is 6.01. The van der Waals surface area contributed by atoms with Crippen molar-refractivity contribution in [3.63, 3.8) is 0 Å². The zero-order valence-corrected chi connectivity index (χ0v) is 13.4. The maximum atomic E-state index is 5.84. The third-order valence-electron chi connectivity index (χ3n) is 3.51. The van der Waals surface area contributed by atoms with Gasteiger partial charge in [0.2, 0.25) is 0 Å². The number of halogens is 2. The molecule has 0 saturated heterocycles. The Kier molecular flexibility index (Phi) is 8.39. The predicted molar refractivity (Wildman–Crippen MR) is 83.2 cm³/mol. The van der Waals surface area contributed by atoms with Crippen molar-refractivity contribution in [2.45, 2.75) is 32.2 Å². The van der Waals surface area contributed by atoms with Crippen LogP contribution in [0.2, 0.25) is 0 Å². The molecule has 1 atom stereocenters. The van der Waals surface area contributed by atoms with E-state index in [1.54, 1.807) is 11.3 Å². The first-order chi connectivity index (χ1) is 7.72. The SMILES string of the molecule is Cc1ncsc1CCN(C)C(CN)C1CC1.Cl.Cl. The first kappa shape index (κ1) is 18.1. The minimum absolute atomic E-state index is 0. The van der Waals surface area contributed by atoms with Crippen LogP contribution in [0.1, 0.15) is 23.4 Å². The van der Waals surface area contributed by atoms with Gasteiger partial charge in [-0.1, -0.05) is 0 Å². The summed E-state index contributed by atoms with van der Waals surface area (Å²) in [7, 11) is 2.20. The van der Waals surface area contributed by atoms with E-state index in [0.717, 1.165) is 25.4 Å². The maximum absolute atomic E-state index is 5.84. The molecule has 1 unspecified atom stereocenters. The molecule has 18 heavy (non-hydrogen) atoms. The first-order valence-corrected chi connectivity index (χ1v) is 6.89. The average Bonchev–Trinajstić information content (AvgIpc) is 3.01. The van der Waals surface area contributed by atoms with E-state index in [1.165, 1.54) is 23.4 Å². The summed E-state index contributed by atoms with van der Waals surface area (Å²) in [6.07, 6.45) is 3.84. The van der Waals surface area contributed by atoms with Crippen LogP contribution in [-0.4, -0.2) is 36.1 Å². The summed E-state index contributed by atoms with van der Waals surface area (Å²) in [6.45, 7) is 3.98. The van der Waals surface area contributed by atoms with Crippen LogP contribution in [-0.2, 0) is 6.42 Å². The quantitative estimate of drug-likeness (QED) is 0.877. The molecule has 0 aliphatic heterocycles. The summed E-state index contributed by atoms with van der Waals surface area (Å²) in [6, 6.07) is 0.591. The molecule has 0 radical (unpaired) electrons. The Morgan fingerprint density at radius 1 is 1.50 bits per heavy atom. The van der Waals surface area contributed by atoms with E-state index in [0.29, 0.717) is 6.04 Å². The van der Waals surface area contributed by atoms with Crippen LogP contribution in [0.4, 0.5) is 0 Å². The zero-order chi connectivity index (χ0) is 11.5. The van der Waals surface area contributed by atoms with E-state index in [2.05, 4.69) is 23.9 Å². The number of aromatic nitrogens is 1. The summed E-state index contributed by atoms with van der Waals surface area (Å²) in [5, 5.41) is 0. The van der Waals surface area contributed by atoms with Crippen LogP contribution >= 0.6 is 36.2 Å². The lowest BCUT2D eigenvalue weighted by Gasteiger charge is -2.26. The Balaban J connectivity index is 0.00000144. The fraction of sp³-hybridized carbons (Fsp3) is 0.750. The van der Waals surface area contributed by atoms with Gasteiger partial charge in [0.1, 0.15) is 0 Å². The summed E-state index contributed by atoms with van der Waals surface area (Å²) < 4.78 is 0. The lowest BCUT2D eigenvalue weighted by atomic mass is 10.1. The molecule has 0 bridgehead atoms. The van der Waals surface area contributed by atoms with Gasteiger partial charge in [-0.05, 0) is 39.2 Å². The number of thiazole rings is 1. The number of nitrogens with two attached hydrogens (primary N) is 1. The van der Waals surface area contributed by atoms with E-state index in [1.807, 2.05) is 5.51 Å². The molecule has 0 amide bonds. The van der Waals surface area contributed by atoms with Gasteiger partial charge in [0.05, 0.1) is 11.2 Å². The highest BCUT2D eigenvalue weighted by Crippen LogP contribution is 2.34. The van der Waals surface area contributed by atoms with Crippen LogP contribution in [0.15, 0.2) is 5.51 Å². The fourth-order valence-electron chi connectivity index (χ4n) is 2.22. The van der Waals surface area contributed by atoms with Crippen molar-refractivity contribution in [3.8, 4) is 0 Å². The van der Waals surface area contributed by atoms with Crippen LogP contribution in [0, 0.1) is 12.8 Å². The Labute approximate surface area is 126 Å². The van der Waals surface area contributed by atoms with Gasteiger partial charge in [0.15, 0.2) is 0 Å². The molecule has 2 rings (SSSR count). The van der Waals surface area contributed by atoms with E-state index < -0.39 is 0 Å². The lowest BCUT2D eigenvalue weighted by Crippen LogP contribution is -2.40. The second kappa shape index (κ2) is 8.33. The van der Waals surface area contributed by atoms with Gasteiger partial charge in [-0.25, -0.2) is 4.98 Å². The molecule has 1 aromatic rings. The molecule has 0 aromatic carbocycles. The van der Waals surface area contributed by atoms with Gasteiger partial charge >= 0.3 is 0 Å². The van der Waals surface area contributed by atoms with Crippen molar-refractivity contribution >= 4 is 36.2 Å². The monoisotopic (exact) mass is 311 g/mol. The minimum Gasteiger partial charge on any atom is -0.329 e. The molecule has 106 valence electrons. The summed E-state index contributed by atoms with van der Waals surface area (Å²) in [5.74, 6) is 0.859. The van der Waals surface area contributed by atoms with Gasteiger partial charge in [-0.2, -0.15) is 0 Å². The Morgan fingerprint density at radius 2 is 2.17 bits per heavy atom. The Morgan fingerprint density at radius 3 is 2.61 bits per heavy atom. The molecule has 1 aromatic heterocycles. The number of aryl methyl sites for hydroxylation is 1. The molecule has 1 aliphatic carbocycles. The van der Waals surface area contributed by atoms with Crippen LogP contribution < -0.4 is 5.73 Å².